The van der Waals surface area contributed by atoms with Crippen molar-refractivity contribution in [2.45, 2.75) is 13.3 Å². The lowest BCUT2D eigenvalue weighted by molar-refractivity contribution is 0.475. The molecule has 3 nitrogen and oxygen atoms in total. The van der Waals surface area contributed by atoms with Crippen LogP contribution in [0.2, 0.25) is 0 Å². The highest BCUT2D eigenvalue weighted by Crippen LogP contribution is 2.04. The fourth-order valence-electron chi connectivity index (χ4n) is 0.441. The van der Waals surface area contributed by atoms with Crippen molar-refractivity contribution in [3.63, 3.8) is 0 Å². The maximum atomic E-state index is 10.2. The van der Waals surface area contributed by atoms with Crippen molar-refractivity contribution in [2.75, 3.05) is 11.5 Å². The van der Waals surface area contributed by atoms with Gasteiger partial charge in [-0.15, -0.1) is 0 Å². The Morgan fingerprint density at radius 2 is 2.10 bits per heavy atom. The van der Waals surface area contributed by atoms with E-state index in [0.717, 1.165) is 0 Å². The van der Waals surface area contributed by atoms with Gasteiger partial charge in [0, 0.05) is 0 Å². The molecule has 5 heteroatoms. The summed E-state index contributed by atoms with van der Waals surface area (Å²) < 4.78 is 28.7. The van der Waals surface area contributed by atoms with Crippen molar-refractivity contribution in [3.8, 4) is 0 Å². The van der Waals surface area contributed by atoms with Crippen LogP contribution in [0.25, 0.3) is 0 Å². The van der Waals surface area contributed by atoms with Gasteiger partial charge in [0.1, 0.15) is 0 Å². The molecule has 0 bridgehead atoms. The summed E-state index contributed by atoms with van der Waals surface area (Å²) in [6, 6.07) is 0. The Morgan fingerprint density at radius 1 is 1.60 bits per heavy atom. The summed E-state index contributed by atoms with van der Waals surface area (Å²) in [5.74, 6) is 0.731. The molecule has 0 saturated heterocycles. The molecule has 0 fully saturated rings. The molecule has 10 heavy (non-hydrogen) atoms. The van der Waals surface area contributed by atoms with Crippen LogP contribution in [0.15, 0.2) is 0 Å². The zero-order valence-corrected chi connectivity index (χ0v) is 7.53. The summed E-state index contributed by atoms with van der Waals surface area (Å²) in [5, 5.41) is 0. The highest BCUT2D eigenvalue weighted by atomic mass is 32.2. The second-order valence-corrected chi connectivity index (χ2v) is 4.30. The molecule has 0 rings (SSSR count). The van der Waals surface area contributed by atoms with Crippen LogP contribution in [-0.2, 0) is 10.1 Å². The molecule has 0 aromatic rings. The molecule has 0 amide bonds. The van der Waals surface area contributed by atoms with Gasteiger partial charge in [-0.05, 0) is 18.1 Å². The minimum absolute atomic E-state index is 0.158. The second kappa shape index (κ2) is 4.20. The first kappa shape index (κ1) is 10.3. The Balaban J connectivity index is 3.56. The summed E-state index contributed by atoms with van der Waals surface area (Å²) in [5.41, 5.74) is 0. The predicted molar refractivity (Wildman–Crippen MR) is 44.0 cm³/mol. The predicted octanol–water partition coefficient (Wildman–Crippen LogP) is 0.830. The monoisotopic (exact) mass is 184 g/mol. The van der Waals surface area contributed by atoms with Gasteiger partial charge in [-0.1, -0.05) is 6.92 Å². The average Bonchev–Trinajstić information content (AvgIpc) is 1.81. The van der Waals surface area contributed by atoms with Crippen molar-refractivity contribution in [1.29, 1.82) is 0 Å². The van der Waals surface area contributed by atoms with E-state index in [2.05, 4.69) is 12.6 Å². The van der Waals surface area contributed by atoms with Crippen molar-refractivity contribution >= 4 is 22.7 Å². The summed E-state index contributed by atoms with van der Waals surface area (Å²) in [6.45, 7) is 1.89. The normalized spacial score (nSPS) is 15.1. The van der Waals surface area contributed by atoms with Crippen LogP contribution < -0.4 is 0 Å². The van der Waals surface area contributed by atoms with Gasteiger partial charge in [-0.2, -0.15) is 21.0 Å². The molecular formula is C5H12O3S2. The third-order valence-corrected chi connectivity index (χ3v) is 2.56. The van der Waals surface area contributed by atoms with E-state index in [9.17, 15) is 8.42 Å². The lowest BCUT2D eigenvalue weighted by Gasteiger charge is -2.03. The molecule has 1 atom stereocenters. The van der Waals surface area contributed by atoms with E-state index in [-0.39, 0.29) is 11.7 Å². The highest BCUT2D eigenvalue weighted by Gasteiger charge is 2.07. The average molecular weight is 184 g/mol. The van der Waals surface area contributed by atoms with E-state index in [0.29, 0.717) is 12.2 Å². The van der Waals surface area contributed by atoms with Crippen molar-refractivity contribution in [1.82, 2.24) is 0 Å². The first-order valence-corrected chi connectivity index (χ1v) is 5.26. The molecule has 1 N–H and O–H groups in total. The van der Waals surface area contributed by atoms with E-state index in [1.165, 1.54) is 0 Å². The number of hydrogen-bond acceptors (Lipinski definition) is 3. The van der Waals surface area contributed by atoms with Crippen molar-refractivity contribution < 1.29 is 13.0 Å². The van der Waals surface area contributed by atoms with Crippen LogP contribution in [0.3, 0.4) is 0 Å². The molecule has 0 aromatic carbocycles. The lowest BCUT2D eigenvalue weighted by Crippen LogP contribution is -2.08. The van der Waals surface area contributed by atoms with Gasteiger partial charge in [0.05, 0.1) is 5.75 Å². The Labute approximate surface area is 67.0 Å². The third-order valence-electron chi connectivity index (χ3n) is 1.18. The Kier molecular flexibility index (Phi) is 4.31. The molecule has 0 aromatic heterocycles. The van der Waals surface area contributed by atoms with Crippen LogP contribution in [0.4, 0.5) is 0 Å². The maximum Gasteiger partial charge on any atom is 0.264 e. The summed E-state index contributed by atoms with van der Waals surface area (Å²) in [4.78, 5) is 0. The molecule has 0 heterocycles. The fourth-order valence-corrected chi connectivity index (χ4v) is 1.32. The maximum absolute atomic E-state index is 10.2. The van der Waals surface area contributed by atoms with E-state index in [1.807, 2.05) is 6.92 Å². The minimum Gasteiger partial charge on any atom is -0.286 e. The number of rotatable bonds is 4. The van der Waals surface area contributed by atoms with Crippen molar-refractivity contribution in [3.05, 3.63) is 0 Å². The third kappa shape index (κ3) is 6.38. The Morgan fingerprint density at radius 3 is 2.40 bits per heavy atom. The van der Waals surface area contributed by atoms with Gasteiger partial charge >= 0.3 is 0 Å². The molecule has 0 aliphatic rings. The molecule has 0 aliphatic heterocycles. The zero-order chi connectivity index (χ0) is 8.20. The molecule has 0 radical (unpaired) electrons. The first-order chi connectivity index (χ1) is 4.45. The molecule has 0 aliphatic carbocycles. The first-order valence-electron chi connectivity index (χ1n) is 3.01. The minimum atomic E-state index is -3.76. The molecular weight excluding hydrogens is 172 g/mol. The van der Waals surface area contributed by atoms with E-state index in [1.54, 1.807) is 0 Å². The lowest BCUT2D eigenvalue weighted by atomic mass is 10.2. The van der Waals surface area contributed by atoms with Gasteiger partial charge < -0.3 is 0 Å². The van der Waals surface area contributed by atoms with Gasteiger partial charge in [0.15, 0.2) is 0 Å². The Bertz CT molecular complexity index is 173. The summed E-state index contributed by atoms with van der Waals surface area (Å²) in [7, 11) is -3.76. The highest BCUT2D eigenvalue weighted by molar-refractivity contribution is 7.85. The van der Waals surface area contributed by atoms with Gasteiger partial charge in [0.2, 0.25) is 0 Å². The largest absolute Gasteiger partial charge is 0.286 e. The molecule has 0 spiro atoms. The standard InChI is InChI=1S/C5H12O3S2/c1-5(4-9)2-3-10(6,7)8/h5,9H,2-4H2,1H3,(H,6,7,8). The van der Waals surface area contributed by atoms with Crippen molar-refractivity contribution in [2.24, 2.45) is 5.92 Å². The molecule has 62 valence electrons. The van der Waals surface area contributed by atoms with Gasteiger partial charge in [0.25, 0.3) is 10.1 Å². The van der Waals surface area contributed by atoms with E-state index in [4.69, 9.17) is 4.55 Å². The molecule has 1 unspecified atom stereocenters. The van der Waals surface area contributed by atoms with Crippen LogP contribution in [0, 0.1) is 5.92 Å². The Hall–Kier alpha value is 0.260. The quantitative estimate of drug-likeness (QED) is 0.502. The van der Waals surface area contributed by atoms with E-state index < -0.39 is 10.1 Å². The topological polar surface area (TPSA) is 54.4 Å². The zero-order valence-electron chi connectivity index (χ0n) is 5.82. The van der Waals surface area contributed by atoms with Crippen LogP contribution in [0.5, 0.6) is 0 Å². The fraction of sp³-hybridized carbons (Fsp3) is 1.00. The summed E-state index contributed by atoms with van der Waals surface area (Å²) in [6.07, 6.45) is 0.475. The van der Waals surface area contributed by atoms with Gasteiger partial charge in [-0.3, -0.25) is 4.55 Å². The van der Waals surface area contributed by atoms with Crippen LogP contribution in [-0.4, -0.2) is 24.5 Å². The molecule has 0 saturated carbocycles. The van der Waals surface area contributed by atoms with Crippen LogP contribution >= 0.6 is 12.6 Å². The SMILES string of the molecule is CC(CS)CCS(=O)(=O)O. The number of thiol groups is 1. The number of hydrogen-bond donors (Lipinski definition) is 2. The van der Waals surface area contributed by atoms with Gasteiger partial charge in [-0.25, -0.2) is 0 Å². The smallest absolute Gasteiger partial charge is 0.264 e. The second-order valence-electron chi connectivity index (χ2n) is 2.36. The summed E-state index contributed by atoms with van der Waals surface area (Å²) >= 11 is 3.97. The van der Waals surface area contributed by atoms with E-state index >= 15 is 0 Å². The van der Waals surface area contributed by atoms with Crippen LogP contribution in [0.1, 0.15) is 13.3 Å².